The van der Waals surface area contributed by atoms with Crippen LogP contribution in [0.3, 0.4) is 0 Å². The average Bonchev–Trinajstić information content (AvgIpc) is 2.53. The van der Waals surface area contributed by atoms with E-state index >= 15 is 0 Å². The molecule has 1 heteroatoms. The topological polar surface area (TPSA) is 9.23 Å². The molecule has 0 saturated heterocycles. The molecule has 1 nitrogen and oxygen atoms in total. The summed E-state index contributed by atoms with van der Waals surface area (Å²) in [6, 6.07) is 0. The molecule has 0 heterocycles. The second-order valence-electron chi connectivity index (χ2n) is 7.09. The van der Waals surface area contributed by atoms with E-state index in [9.17, 15) is 0 Å². The number of ether oxygens (including phenoxy) is 1. The quantitative estimate of drug-likeness (QED) is 0.423. The van der Waals surface area contributed by atoms with E-state index in [1.54, 1.807) is 0 Å². The average molecular weight is 290 g/mol. The highest BCUT2D eigenvalue weighted by Gasteiger charge is 2.30. The molecule has 0 N–H and O–H groups in total. The lowest BCUT2D eigenvalue weighted by Gasteiger charge is -2.37. The summed E-state index contributed by atoms with van der Waals surface area (Å²) in [7, 11) is 0. The van der Waals surface area contributed by atoms with Crippen LogP contribution < -0.4 is 0 Å². The predicted molar refractivity (Wildman–Crippen MR) is 91.1 cm³/mol. The summed E-state index contributed by atoms with van der Waals surface area (Å²) in [5.41, 5.74) is 0. The van der Waals surface area contributed by atoms with E-state index in [1.165, 1.54) is 51.4 Å². The molecule has 0 spiro atoms. The highest BCUT2D eigenvalue weighted by Crippen LogP contribution is 2.41. The molecule has 2 aliphatic rings. The van der Waals surface area contributed by atoms with Crippen LogP contribution in [0.25, 0.3) is 0 Å². The normalized spacial score (nSPS) is 34.6. The summed E-state index contributed by atoms with van der Waals surface area (Å²) in [6.07, 6.45) is 21.2. The van der Waals surface area contributed by atoms with Crippen LogP contribution >= 0.6 is 0 Å². The molecule has 0 aromatic carbocycles. The maximum absolute atomic E-state index is 5.65. The van der Waals surface area contributed by atoms with Gasteiger partial charge >= 0.3 is 0 Å². The van der Waals surface area contributed by atoms with Gasteiger partial charge in [-0.05, 0) is 88.4 Å². The van der Waals surface area contributed by atoms with Gasteiger partial charge in [0, 0.05) is 0 Å². The first-order valence-corrected chi connectivity index (χ1v) is 9.22. The summed E-state index contributed by atoms with van der Waals surface area (Å²) in [4.78, 5) is 0. The van der Waals surface area contributed by atoms with Crippen molar-refractivity contribution in [1.82, 2.24) is 0 Å². The highest BCUT2D eigenvalue weighted by molar-refractivity contribution is 4.90. The van der Waals surface area contributed by atoms with Crippen molar-refractivity contribution in [2.75, 3.05) is 6.61 Å². The van der Waals surface area contributed by atoms with Crippen molar-refractivity contribution in [1.29, 1.82) is 0 Å². The van der Waals surface area contributed by atoms with Crippen LogP contribution in [0.4, 0.5) is 0 Å². The third kappa shape index (κ3) is 5.52. The zero-order valence-corrected chi connectivity index (χ0v) is 14.1. The van der Waals surface area contributed by atoms with Gasteiger partial charge in [-0.25, -0.2) is 0 Å². The Morgan fingerprint density at radius 3 is 2.10 bits per heavy atom. The monoisotopic (exact) mass is 290 g/mol. The van der Waals surface area contributed by atoms with Crippen LogP contribution in [0.15, 0.2) is 24.5 Å². The van der Waals surface area contributed by atoms with E-state index in [-0.39, 0.29) is 0 Å². The van der Waals surface area contributed by atoms with Crippen LogP contribution in [-0.2, 0) is 4.74 Å². The van der Waals surface area contributed by atoms with Crippen molar-refractivity contribution in [2.24, 2.45) is 23.7 Å². The second-order valence-corrected chi connectivity index (χ2v) is 7.09. The minimum Gasteiger partial charge on any atom is -0.501 e. The van der Waals surface area contributed by atoms with E-state index in [1.807, 2.05) is 6.26 Å². The number of hydrogen-bond acceptors (Lipinski definition) is 1. The Morgan fingerprint density at radius 1 is 0.905 bits per heavy atom. The molecule has 2 aliphatic carbocycles. The van der Waals surface area contributed by atoms with Gasteiger partial charge < -0.3 is 4.74 Å². The molecule has 2 rings (SSSR count). The van der Waals surface area contributed by atoms with Crippen molar-refractivity contribution in [3.05, 3.63) is 24.5 Å². The van der Waals surface area contributed by atoms with E-state index in [0.717, 1.165) is 36.7 Å². The molecular weight excluding hydrogens is 256 g/mol. The first-order chi connectivity index (χ1) is 10.3. The fraction of sp³-hybridized carbons (Fsp3) is 0.800. The van der Waals surface area contributed by atoms with E-state index in [4.69, 9.17) is 4.74 Å². The lowest BCUT2D eigenvalue weighted by atomic mass is 9.69. The molecule has 0 aromatic rings. The van der Waals surface area contributed by atoms with Gasteiger partial charge in [-0.15, -0.1) is 0 Å². The summed E-state index contributed by atoms with van der Waals surface area (Å²) < 4.78 is 5.65. The van der Waals surface area contributed by atoms with Crippen molar-refractivity contribution >= 4 is 0 Å². The first kappa shape index (κ1) is 16.6. The van der Waals surface area contributed by atoms with Crippen LogP contribution in [0.1, 0.15) is 71.6 Å². The molecule has 2 saturated carbocycles. The minimum atomic E-state index is 0.808. The Bertz CT molecular complexity index is 315. The predicted octanol–water partition coefficient (Wildman–Crippen LogP) is 6.12. The third-order valence-electron chi connectivity index (χ3n) is 5.60. The largest absolute Gasteiger partial charge is 0.501 e. The molecule has 0 atom stereocenters. The lowest BCUT2D eigenvalue weighted by Crippen LogP contribution is -2.26. The third-order valence-corrected chi connectivity index (χ3v) is 5.60. The Balaban J connectivity index is 1.64. The summed E-state index contributed by atoms with van der Waals surface area (Å²) in [5.74, 6) is 3.72. The first-order valence-electron chi connectivity index (χ1n) is 9.22. The Hall–Kier alpha value is -0.720. The number of rotatable bonds is 6. The minimum absolute atomic E-state index is 0.808. The van der Waals surface area contributed by atoms with Gasteiger partial charge in [-0.1, -0.05) is 25.2 Å². The van der Waals surface area contributed by atoms with Gasteiger partial charge in [-0.3, -0.25) is 0 Å². The molecule has 0 aromatic heterocycles. The fourth-order valence-electron chi connectivity index (χ4n) is 4.26. The summed E-state index contributed by atoms with van der Waals surface area (Å²) in [5, 5.41) is 0. The molecule has 2 fully saturated rings. The Kier molecular flexibility index (Phi) is 7.39. The molecule has 0 aliphatic heterocycles. The van der Waals surface area contributed by atoms with Gasteiger partial charge in [0.25, 0.3) is 0 Å². The summed E-state index contributed by atoms with van der Waals surface area (Å²) >= 11 is 0. The van der Waals surface area contributed by atoms with E-state index < -0.39 is 0 Å². The maximum atomic E-state index is 5.65. The van der Waals surface area contributed by atoms with Crippen molar-refractivity contribution in [2.45, 2.75) is 71.6 Å². The van der Waals surface area contributed by atoms with Crippen LogP contribution in [-0.4, -0.2) is 6.61 Å². The van der Waals surface area contributed by atoms with E-state index in [0.29, 0.717) is 0 Å². The molecule has 120 valence electrons. The SMILES string of the molecule is C/C=C/[C@H]1CC[C@H](C2CCC(CO/C=C\CC)CC2)CC1. The highest BCUT2D eigenvalue weighted by atomic mass is 16.5. The van der Waals surface area contributed by atoms with Crippen LogP contribution in [0.5, 0.6) is 0 Å². The molecule has 0 radical (unpaired) electrons. The second kappa shape index (κ2) is 9.33. The Labute approximate surface area is 131 Å². The molecule has 0 unspecified atom stereocenters. The van der Waals surface area contributed by atoms with Gasteiger partial charge in [-0.2, -0.15) is 0 Å². The standard InChI is InChI=1S/C20H34O/c1-3-5-15-21-16-18-9-13-20(14-10-18)19-11-7-17(6-4-2)8-12-19/h4-6,15,17-20H,3,7-14,16H2,1-2H3/b6-4+,15-5-/t17-,18?,19-,20?. The maximum Gasteiger partial charge on any atom is 0.0901 e. The van der Waals surface area contributed by atoms with Crippen molar-refractivity contribution < 1.29 is 4.74 Å². The van der Waals surface area contributed by atoms with Crippen molar-refractivity contribution in [3.8, 4) is 0 Å². The van der Waals surface area contributed by atoms with Crippen LogP contribution in [0, 0.1) is 23.7 Å². The van der Waals surface area contributed by atoms with Gasteiger partial charge in [0.1, 0.15) is 0 Å². The zero-order chi connectivity index (χ0) is 14.9. The summed E-state index contributed by atoms with van der Waals surface area (Å²) in [6.45, 7) is 5.25. The lowest BCUT2D eigenvalue weighted by molar-refractivity contribution is 0.113. The molecule has 0 bridgehead atoms. The number of allylic oxidation sites excluding steroid dienone is 3. The van der Waals surface area contributed by atoms with Gasteiger partial charge in [0.15, 0.2) is 0 Å². The molecule has 0 amide bonds. The van der Waals surface area contributed by atoms with Gasteiger partial charge in [0.05, 0.1) is 12.9 Å². The zero-order valence-electron chi connectivity index (χ0n) is 14.1. The van der Waals surface area contributed by atoms with Crippen molar-refractivity contribution in [3.63, 3.8) is 0 Å². The number of hydrogen-bond donors (Lipinski definition) is 0. The molecular formula is C20H34O. The smallest absolute Gasteiger partial charge is 0.0901 e. The van der Waals surface area contributed by atoms with Gasteiger partial charge in [0.2, 0.25) is 0 Å². The molecule has 21 heavy (non-hydrogen) atoms. The Morgan fingerprint density at radius 2 is 1.52 bits per heavy atom. The van der Waals surface area contributed by atoms with Crippen LogP contribution in [0.2, 0.25) is 0 Å². The fourth-order valence-corrected chi connectivity index (χ4v) is 4.26. The van der Waals surface area contributed by atoms with E-state index in [2.05, 4.69) is 32.1 Å².